The Morgan fingerprint density at radius 3 is 2.94 bits per heavy atom. The zero-order valence-electron chi connectivity index (χ0n) is 10.0. The summed E-state index contributed by atoms with van der Waals surface area (Å²) in [4.78, 5) is 11.5. The van der Waals surface area contributed by atoms with E-state index < -0.39 is 0 Å². The molecule has 18 heavy (non-hydrogen) atoms. The van der Waals surface area contributed by atoms with Gasteiger partial charge in [0.2, 0.25) is 5.88 Å². The Balaban J connectivity index is 2.16. The molecule has 0 aromatic carbocycles. The number of ether oxygens (including phenoxy) is 2. The van der Waals surface area contributed by atoms with E-state index in [1.165, 1.54) is 6.33 Å². The Hall–Kier alpha value is -1.47. The van der Waals surface area contributed by atoms with Crippen LogP contribution in [0.25, 0.3) is 11.2 Å². The van der Waals surface area contributed by atoms with Crippen molar-refractivity contribution in [2.24, 2.45) is 0 Å². The summed E-state index contributed by atoms with van der Waals surface area (Å²) in [5.74, 6) is 0.525. The van der Waals surface area contributed by atoms with E-state index in [9.17, 15) is 0 Å². The molecule has 2 aromatic rings. The van der Waals surface area contributed by atoms with Crippen LogP contribution in [0.2, 0.25) is 0 Å². The van der Waals surface area contributed by atoms with Crippen LogP contribution in [0, 0.1) is 4.77 Å². The number of fused-ring (bicyclic) bond motifs is 1. The molecule has 0 bridgehead atoms. The van der Waals surface area contributed by atoms with Crippen LogP contribution >= 0.6 is 12.2 Å². The first-order valence-electron chi connectivity index (χ1n) is 5.88. The maximum absolute atomic E-state index is 5.38. The van der Waals surface area contributed by atoms with Gasteiger partial charge in [0.15, 0.2) is 10.4 Å². The van der Waals surface area contributed by atoms with Crippen molar-refractivity contribution in [2.45, 2.75) is 18.9 Å². The van der Waals surface area contributed by atoms with E-state index in [0.717, 1.165) is 37.2 Å². The van der Waals surface area contributed by atoms with Crippen LogP contribution in [0.5, 0.6) is 5.88 Å². The number of H-pyrrole nitrogens is 1. The summed E-state index contributed by atoms with van der Waals surface area (Å²) in [6.45, 7) is 1.53. The lowest BCUT2D eigenvalue weighted by molar-refractivity contribution is 0.0701. The quantitative estimate of drug-likeness (QED) is 0.840. The predicted molar refractivity (Wildman–Crippen MR) is 68.4 cm³/mol. The van der Waals surface area contributed by atoms with E-state index in [2.05, 4.69) is 19.5 Å². The molecule has 1 saturated heterocycles. The average Bonchev–Trinajstić information content (AvgIpc) is 2.75. The van der Waals surface area contributed by atoms with Gasteiger partial charge in [-0.1, -0.05) is 0 Å². The second-order valence-electron chi connectivity index (χ2n) is 4.23. The van der Waals surface area contributed by atoms with Gasteiger partial charge in [-0.3, -0.25) is 4.57 Å². The number of imidazole rings is 1. The summed E-state index contributed by atoms with van der Waals surface area (Å²) < 4.78 is 13.3. The highest BCUT2D eigenvalue weighted by molar-refractivity contribution is 7.71. The smallest absolute Gasteiger partial charge is 0.242 e. The van der Waals surface area contributed by atoms with Crippen LogP contribution in [0.1, 0.15) is 18.9 Å². The number of nitrogens with one attached hydrogen (secondary N) is 1. The highest BCUT2D eigenvalue weighted by atomic mass is 32.1. The fraction of sp³-hybridized carbons (Fsp3) is 0.545. The minimum Gasteiger partial charge on any atom is -0.479 e. The summed E-state index contributed by atoms with van der Waals surface area (Å²) in [6, 6.07) is 0.333. The molecule has 3 rings (SSSR count). The number of hydrogen-bond donors (Lipinski definition) is 1. The third kappa shape index (κ3) is 1.79. The molecule has 2 aromatic heterocycles. The third-order valence-electron chi connectivity index (χ3n) is 3.22. The molecule has 0 spiro atoms. The lowest BCUT2D eigenvalue weighted by atomic mass is 10.1. The second-order valence-corrected chi connectivity index (χ2v) is 4.61. The molecular weight excluding hydrogens is 252 g/mol. The van der Waals surface area contributed by atoms with Gasteiger partial charge < -0.3 is 14.5 Å². The normalized spacial score (nSPS) is 17.2. The second kappa shape index (κ2) is 4.66. The lowest BCUT2D eigenvalue weighted by Gasteiger charge is -2.23. The van der Waals surface area contributed by atoms with Gasteiger partial charge in [-0.15, -0.1) is 0 Å². The zero-order chi connectivity index (χ0) is 12.5. The molecule has 96 valence electrons. The maximum Gasteiger partial charge on any atom is 0.242 e. The van der Waals surface area contributed by atoms with Gasteiger partial charge in [-0.05, 0) is 25.1 Å². The molecule has 1 aliphatic heterocycles. The summed E-state index contributed by atoms with van der Waals surface area (Å²) in [7, 11) is 1.59. The maximum atomic E-state index is 5.38. The van der Waals surface area contributed by atoms with Gasteiger partial charge in [0.05, 0.1) is 7.11 Å². The summed E-state index contributed by atoms with van der Waals surface area (Å²) >= 11 is 5.38. The van der Waals surface area contributed by atoms with Crippen molar-refractivity contribution in [1.29, 1.82) is 0 Å². The van der Waals surface area contributed by atoms with Crippen molar-refractivity contribution >= 4 is 23.4 Å². The van der Waals surface area contributed by atoms with E-state index in [-0.39, 0.29) is 0 Å². The van der Waals surface area contributed by atoms with Gasteiger partial charge in [-0.25, -0.2) is 4.98 Å². The van der Waals surface area contributed by atoms with Crippen molar-refractivity contribution in [1.82, 2.24) is 19.5 Å². The minimum absolute atomic E-state index is 0.333. The fourth-order valence-corrected chi connectivity index (χ4v) is 2.69. The molecule has 0 saturated carbocycles. The van der Waals surface area contributed by atoms with Crippen molar-refractivity contribution in [3.63, 3.8) is 0 Å². The van der Waals surface area contributed by atoms with Gasteiger partial charge in [0.25, 0.3) is 0 Å². The first-order valence-corrected chi connectivity index (χ1v) is 6.29. The van der Waals surface area contributed by atoms with E-state index >= 15 is 0 Å². The van der Waals surface area contributed by atoms with E-state index in [1.54, 1.807) is 7.11 Å². The van der Waals surface area contributed by atoms with E-state index in [0.29, 0.717) is 16.7 Å². The summed E-state index contributed by atoms with van der Waals surface area (Å²) in [6.07, 6.45) is 3.40. The van der Waals surface area contributed by atoms with Crippen molar-refractivity contribution in [3.8, 4) is 5.88 Å². The molecule has 7 heteroatoms. The highest BCUT2D eigenvalue weighted by Gasteiger charge is 2.21. The molecule has 1 fully saturated rings. The predicted octanol–water partition coefficient (Wildman–Crippen LogP) is 1.85. The topological polar surface area (TPSA) is 65.0 Å². The first kappa shape index (κ1) is 11.6. The Bertz CT molecular complexity index is 615. The molecule has 1 aliphatic rings. The van der Waals surface area contributed by atoms with Crippen LogP contribution in [0.4, 0.5) is 0 Å². The summed E-state index contributed by atoms with van der Waals surface area (Å²) in [5, 5.41) is 0. The van der Waals surface area contributed by atoms with Gasteiger partial charge >= 0.3 is 0 Å². The molecule has 0 aliphatic carbocycles. The van der Waals surface area contributed by atoms with Crippen molar-refractivity contribution < 1.29 is 9.47 Å². The fourth-order valence-electron chi connectivity index (χ4n) is 2.35. The SMILES string of the molecule is COc1ncnc2c1[nH]c(=S)n2C1CCOCC1. The Morgan fingerprint density at radius 2 is 2.22 bits per heavy atom. The number of methoxy groups -OCH3 is 1. The van der Waals surface area contributed by atoms with E-state index in [4.69, 9.17) is 21.7 Å². The number of aromatic nitrogens is 4. The summed E-state index contributed by atoms with van der Waals surface area (Å²) in [5.41, 5.74) is 1.57. The van der Waals surface area contributed by atoms with Gasteiger partial charge in [0, 0.05) is 19.3 Å². The largest absolute Gasteiger partial charge is 0.479 e. The minimum atomic E-state index is 0.333. The number of nitrogens with zero attached hydrogens (tertiary/aromatic N) is 3. The van der Waals surface area contributed by atoms with Gasteiger partial charge in [0.1, 0.15) is 11.8 Å². The highest BCUT2D eigenvalue weighted by Crippen LogP contribution is 2.27. The van der Waals surface area contributed by atoms with Crippen LogP contribution in [-0.4, -0.2) is 39.8 Å². The molecular formula is C11H14N4O2S. The molecule has 0 atom stereocenters. The molecule has 1 N–H and O–H groups in total. The van der Waals surface area contributed by atoms with Crippen LogP contribution in [-0.2, 0) is 4.74 Å². The standard InChI is InChI=1S/C11H14N4O2S/c1-16-10-8-9(12-6-13-10)15(11(18)14-8)7-2-4-17-5-3-7/h6-7H,2-5H2,1H3,(H,14,18). The number of aromatic amines is 1. The Morgan fingerprint density at radius 1 is 1.44 bits per heavy atom. The first-order chi connectivity index (χ1) is 8.81. The molecule has 6 nitrogen and oxygen atoms in total. The molecule has 0 unspecified atom stereocenters. The molecule has 0 radical (unpaired) electrons. The Kier molecular flexibility index (Phi) is 3.00. The number of rotatable bonds is 2. The van der Waals surface area contributed by atoms with Crippen molar-refractivity contribution in [2.75, 3.05) is 20.3 Å². The van der Waals surface area contributed by atoms with Gasteiger partial charge in [-0.2, -0.15) is 4.98 Å². The monoisotopic (exact) mass is 266 g/mol. The zero-order valence-corrected chi connectivity index (χ0v) is 10.9. The van der Waals surface area contributed by atoms with Crippen LogP contribution in [0.3, 0.4) is 0 Å². The van der Waals surface area contributed by atoms with E-state index in [1.807, 2.05) is 0 Å². The number of hydrogen-bond acceptors (Lipinski definition) is 5. The lowest BCUT2D eigenvalue weighted by Crippen LogP contribution is -2.19. The molecule has 3 heterocycles. The average molecular weight is 266 g/mol. The van der Waals surface area contributed by atoms with Crippen LogP contribution < -0.4 is 4.74 Å². The Labute approximate surface area is 109 Å². The molecule has 0 amide bonds. The third-order valence-corrected chi connectivity index (χ3v) is 3.52. The van der Waals surface area contributed by atoms with Crippen LogP contribution in [0.15, 0.2) is 6.33 Å². The van der Waals surface area contributed by atoms with Crippen molar-refractivity contribution in [3.05, 3.63) is 11.1 Å².